The van der Waals surface area contributed by atoms with Gasteiger partial charge in [0.15, 0.2) is 0 Å². The van der Waals surface area contributed by atoms with Crippen molar-refractivity contribution in [3.63, 3.8) is 0 Å². The van der Waals surface area contributed by atoms with Crippen LogP contribution in [0.25, 0.3) is 0 Å². The fraction of sp³-hybridized carbons (Fsp3) is 0.133. The topological polar surface area (TPSA) is 46.5 Å². The van der Waals surface area contributed by atoms with Gasteiger partial charge in [-0.15, -0.1) is 0 Å². The molecule has 104 valence electrons. The maximum absolute atomic E-state index is 11.2. The van der Waals surface area contributed by atoms with Crippen molar-refractivity contribution < 1.29 is 14.6 Å². The first-order valence-electron chi connectivity index (χ1n) is 6.00. The Bertz CT molecular complexity index is 656. The Morgan fingerprint density at radius 2 is 2.05 bits per heavy atom. The molecule has 0 heterocycles. The molecule has 0 aliphatic carbocycles. The molecule has 0 unspecified atom stereocenters. The molecule has 0 saturated heterocycles. The van der Waals surface area contributed by atoms with Gasteiger partial charge in [0.2, 0.25) is 0 Å². The molecule has 0 aliphatic rings. The first-order valence-corrected chi connectivity index (χ1v) is 7.17. The third kappa shape index (κ3) is 3.32. The molecule has 2 rings (SSSR count). The lowest BCUT2D eigenvalue weighted by molar-refractivity contribution is 0.0694. The SMILES string of the molecule is CCc1cc(Oc2ccc(Br)cc2C(=O)O)ccc1Cl. The average Bonchev–Trinajstić information content (AvgIpc) is 2.42. The molecule has 0 aliphatic heterocycles. The van der Waals surface area contributed by atoms with Crippen molar-refractivity contribution in [1.82, 2.24) is 0 Å². The fourth-order valence-corrected chi connectivity index (χ4v) is 2.38. The van der Waals surface area contributed by atoms with Gasteiger partial charge in [-0.3, -0.25) is 0 Å². The van der Waals surface area contributed by atoms with Crippen molar-refractivity contribution in [2.75, 3.05) is 0 Å². The summed E-state index contributed by atoms with van der Waals surface area (Å²) < 4.78 is 6.35. The molecule has 5 heteroatoms. The van der Waals surface area contributed by atoms with Crippen molar-refractivity contribution in [1.29, 1.82) is 0 Å². The van der Waals surface area contributed by atoms with Crippen LogP contribution in [-0.2, 0) is 6.42 Å². The van der Waals surface area contributed by atoms with E-state index in [0.717, 1.165) is 12.0 Å². The molecule has 2 aromatic rings. The number of carbonyl (C=O) groups is 1. The van der Waals surface area contributed by atoms with E-state index < -0.39 is 5.97 Å². The number of carboxylic acids is 1. The van der Waals surface area contributed by atoms with E-state index in [1.54, 1.807) is 24.3 Å². The van der Waals surface area contributed by atoms with E-state index in [0.29, 0.717) is 21.0 Å². The third-order valence-electron chi connectivity index (χ3n) is 2.80. The summed E-state index contributed by atoms with van der Waals surface area (Å²) in [6.07, 6.45) is 0.780. The van der Waals surface area contributed by atoms with Gasteiger partial charge < -0.3 is 9.84 Å². The predicted molar refractivity (Wildman–Crippen MR) is 82.0 cm³/mol. The van der Waals surface area contributed by atoms with Crippen LogP contribution >= 0.6 is 27.5 Å². The van der Waals surface area contributed by atoms with E-state index in [1.165, 1.54) is 6.07 Å². The number of ether oxygens (including phenoxy) is 1. The number of benzene rings is 2. The van der Waals surface area contributed by atoms with Crippen LogP contribution in [0.1, 0.15) is 22.8 Å². The Hall–Kier alpha value is -1.52. The number of aryl methyl sites for hydroxylation is 1. The summed E-state index contributed by atoms with van der Waals surface area (Å²) >= 11 is 9.29. The second-order valence-corrected chi connectivity index (χ2v) is 5.48. The normalized spacial score (nSPS) is 10.3. The number of rotatable bonds is 4. The van der Waals surface area contributed by atoms with Gasteiger partial charge >= 0.3 is 5.97 Å². The molecule has 2 aromatic carbocycles. The van der Waals surface area contributed by atoms with Crippen molar-refractivity contribution in [3.05, 3.63) is 57.0 Å². The summed E-state index contributed by atoms with van der Waals surface area (Å²) in [7, 11) is 0. The van der Waals surface area contributed by atoms with E-state index in [1.807, 2.05) is 13.0 Å². The Balaban J connectivity index is 2.37. The van der Waals surface area contributed by atoms with Crippen molar-refractivity contribution >= 4 is 33.5 Å². The summed E-state index contributed by atoms with van der Waals surface area (Å²) in [5.74, 6) is -0.174. The molecule has 0 radical (unpaired) electrons. The highest BCUT2D eigenvalue weighted by Crippen LogP contribution is 2.30. The van der Waals surface area contributed by atoms with Crippen LogP contribution < -0.4 is 4.74 Å². The maximum Gasteiger partial charge on any atom is 0.339 e. The van der Waals surface area contributed by atoms with Gasteiger partial charge in [0, 0.05) is 9.50 Å². The first-order chi connectivity index (χ1) is 9.51. The Kier molecular flexibility index (Phi) is 4.68. The molecule has 0 fully saturated rings. The van der Waals surface area contributed by atoms with Gasteiger partial charge in [0.05, 0.1) is 0 Å². The highest BCUT2D eigenvalue weighted by molar-refractivity contribution is 9.10. The number of carboxylic acid groups (broad SMARTS) is 1. The molecule has 20 heavy (non-hydrogen) atoms. The minimum absolute atomic E-state index is 0.104. The van der Waals surface area contributed by atoms with E-state index in [9.17, 15) is 9.90 Å². The van der Waals surface area contributed by atoms with Crippen LogP contribution in [0.15, 0.2) is 40.9 Å². The van der Waals surface area contributed by atoms with Crippen LogP contribution in [0.4, 0.5) is 0 Å². The second kappa shape index (κ2) is 6.29. The third-order valence-corrected chi connectivity index (χ3v) is 3.66. The quantitative estimate of drug-likeness (QED) is 0.824. The maximum atomic E-state index is 11.2. The number of hydrogen-bond donors (Lipinski definition) is 1. The van der Waals surface area contributed by atoms with Crippen LogP contribution in [-0.4, -0.2) is 11.1 Å². The molecule has 1 N–H and O–H groups in total. The van der Waals surface area contributed by atoms with Gasteiger partial charge in [-0.25, -0.2) is 4.79 Å². The highest BCUT2D eigenvalue weighted by atomic mass is 79.9. The average molecular weight is 356 g/mol. The molecule has 0 bridgehead atoms. The van der Waals surface area contributed by atoms with Gasteiger partial charge in [0.1, 0.15) is 17.1 Å². The van der Waals surface area contributed by atoms with Crippen LogP contribution in [0.2, 0.25) is 5.02 Å². The van der Waals surface area contributed by atoms with E-state index in [2.05, 4.69) is 15.9 Å². The molecule has 0 aromatic heterocycles. The molecule has 3 nitrogen and oxygen atoms in total. The lowest BCUT2D eigenvalue weighted by Gasteiger charge is -2.11. The van der Waals surface area contributed by atoms with Crippen molar-refractivity contribution in [3.8, 4) is 11.5 Å². The Morgan fingerprint density at radius 1 is 1.30 bits per heavy atom. The van der Waals surface area contributed by atoms with Gasteiger partial charge in [-0.1, -0.05) is 34.5 Å². The number of hydrogen-bond acceptors (Lipinski definition) is 2. The van der Waals surface area contributed by atoms with Crippen molar-refractivity contribution in [2.24, 2.45) is 0 Å². The zero-order valence-electron chi connectivity index (χ0n) is 10.7. The molecule has 0 atom stereocenters. The second-order valence-electron chi connectivity index (χ2n) is 4.15. The predicted octanol–water partition coefficient (Wildman–Crippen LogP) is 5.16. The van der Waals surface area contributed by atoms with Gasteiger partial charge in [0.25, 0.3) is 0 Å². The van der Waals surface area contributed by atoms with Crippen LogP contribution in [0.3, 0.4) is 0 Å². The Morgan fingerprint density at radius 3 is 2.70 bits per heavy atom. The molecular weight excluding hydrogens is 344 g/mol. The number of aromatic carboxylic acids is 1. The van der Waals surface area contributed by atoms with E-state index >= 15 is 0 Å². The molecule has 0 amide bonds. The van der Waals surface area contributed by atoms with E-state index in [-0.39, 0.29) is 5.56 Å². The minimum Gasteiger partial charge on any atom is -0.478 e. The van der Waals surface area contributed by atoms with E-state index in [4.69, 9.17) is 16.3 Å². The first kappa shape index (κ1) is 14.9. The summed E-state index contributed by atoms with van der Waals surface area (Å²) in [5, 5.41) is 9.87. The molecular formula is C15H12BrClO3. The monoisotopic (exact) mass is 354 g/mol. The smallest absolute Gasteiger partial charge is 0.339 e. The molecule has 0 spiro atoms. The minimum atomic E-state index is -1.04. The molecule has 0 saturated carbocycles. The summed E-state index contributed by atoms with van der Waals surface area (Å²) in [4.78, 5) is 11.2. The van der Waals surface area contributed by atoms with Gasteiger partial charge in [-0.2, -0.15) is 0 Å². The largest absolute Gasteiger partial charge is 0.478 e. The van der Waals surface area contributed by atoms with Gasteiger partial charge in [-0.05, 0) is 48.4 Å². The Labute approximate surface area is 130 Å². The summed E-state index contributed by atoms with van der Waals surface area (Å²) in [6.45, 7) is 1.99. The zero-order chi connectivity index (χ0) is 14.7. The summed E-state index contributed by atoms with van der Waals surface area (Å²) in [6, 6.07) is 10.1. The van der Waals surface area contributed by atoms with Crippen LogP contribution in [0.5, 0.6) is 11.5 Å². The summed E-state index contributed by atoms with van der Waals surface area (Å²) in [5.41, 5.74) is 1.06. The van der Waals surface area contributed by atoms with Crippen molar-refractivity contribution in [2.45, 2.75) is 13.3 Å². The number of halogens is 2. The fourth-order valence-electron chi connectivity index (χ4n) is 1.77. The van der Waals surface area contributed by atoms with Crippen LogP contribution in [0, 0.1) is 0 Å². The lowest BCUT2D eigenvalue weighted by Crippen LogP contribution is -2.00. The standard InChI is InChI=1S/C15H12BrClO3/c1-2-9-7-11(4-5-13(9)17)20-14-6-3-10(16)8-12(14)15(18)19/h3-8H,2H2,1H3,(H,18,19). The zero-order valence-corrected chi connectivity index (χ0v) is 13.0. The highest BCUT2D eigenvalue weighted by Gasteiger charge is 2.13. The lowest BCUT2D eigenvalue weighted by atomic mass is 10.1.